The zero-order valence-electron chi connectivity index (χ0n) is 11.5. The van der Waals surface area contributed by atoms with E-state index in [4.69, 9.17) is 10.5 Å². The molecule has 0 bridgehead atoms. The molecule has 1 aliphatic heterocycles. The molecule has 0 atom stereocenters. The van der Waals surface area contributed by atoms with Crippen molar-refractivity contribution >= 4 is 21.1 Å². The van der Waals surface area contributed by atoms with Crippen LogP contribution in [0.3, 0.4) is 0 Å². The lowest BCUT2D eigenvalue weighted by Gasteiger charge is -2.08. The maximum absolute atomic E-state index is 12.1. The predicted molar refractivity (Wildman–Crippen MR) is 82.7 cm³/mol. The van der Waals surface area contributed by atoms with Gasteiger partial charge >= 0.3 is 0 Å². The van der Waals surface area contributed by atoms with E-state index < -0.39 is 9.84 Å². The summed E-state index contributed by atoms with van der Waals surface area (Å²) in [5.74, 6) is 0.711. The first-order valence-corrected chi connectivity index (χ1v) is 8.05. The van der Waals surface area contributed by atoms with Crippen LogP contribution in [0.1, 0.15) is 11.1 Å². The molecule has 21 heavy (non-hydrogen) atoms. The molecule has 3 rings (SSSR count). The Bertz CT molecular complexity index is 821. The van der Waals surface area contributed by atoms with Gasteiger partial charge in [-0.1, -0.05) is 23.8 Å². The molecule has 1 heterocycles. The Hall–Kier alpha value is -2.27. The Balaban J connectivity index is 1.86. The van der Waals surface area contributed by atoms with E-state index in [2.05, 4.69) is 0 Å². The van der Waals surface area contributed by atoms with Gasteiger partial charge in [-0.05, 0) is 31.2 Å². The Morgan fingerprint density at radius 2 is 1.81 bits per heavy atom. The summed E-state index contributed by atoms with van der Waals surface area (Å²) in [4.78, 5) is 0.255. The van der Waals surface area contributed by atoms with Crippen LogP contribution in [-0.2, 0) is 9.84 Å². The highest BCUT2D eigenvalue weighted by atomic mass is 32.2. The van der Waals surface area contributed by atoms with Crippen molar-refractivity contribution in [2.24, 2.45) is 0 Å². The van der Waals surface area contributed by atoms with Gasteiger partial charge in [0.2, 0.25) is 9.84 Å². The van der Waals surface area contributed by atoms with E-state index in [0.717, 1.165) is 5.56 Å². The van der Waals surface area contributed by atoms with Crippen LogP contribution >= 0.6 is 0 Å². The third kappa shape index (κ3) is 2.64. The van der Waals surface area contributed by atoms with Gasteiger partial charge in [-0.15, -0.1) is 0 Å². The molecular weight excluding hydrogens is 286 g/mol. The van der Waals surface area contributed by atoms with Crippen molar-refractivity contribution < 1.29 is 13.2 Å². The topological polar surface area (TPSA) is 69.4 Å². The van der Waals surface area contributed by atoms with E-state index in [0.29, 0.717) is 22.6 Å². The van der Waals surface area contributed by atoms with Crippen LogP contribution in [0.5, 0.6) is 5.75 Å². The van der Waals surface area contributed by atoms with Crippen LogP contribution in [0.4, 0.5) is 5.69 Å². The Labute approximate surface area is 123 Å². The standard InChI is InChI=1S/C16H15NO3S/c1-11-2-5-14(6-3-11)20-9-12-10-21(18,19)16-8-13(17)4-7-15(12)16/h2-8,10H,9,17H2,1H3. The summed E-state index contributed by atoms with van der Waals surface area (Å²) in [5, 5.41) is 1.26. The van der Waals surface area contributed by atoms with Gasteiger partial charge < -0.3 is 10.5 Å². The Kier molecular flexibility index (Phi) is 3.22. The van der Waals surface area contributed by atoms with Crippen molar-refractivity contribution in [3.8, 4) is 5.75 Å². The normalized spacial score (nSPS) is 15.4. The Morgan fingerprint density at radius 3 is 2.52 bits per heavy atom. The molecule has 0 fully saturated rings. The third-order valence-electron chi connectivity index (χ3n) is 3.37. The Morgan fingerprint density at radius 1 is 1.10 bits per heavy atom. The second-order valence-electron chi connectivity index (χ2n) is 5.05. The fourth-order valence-corrected chi connectivity index (χ4v) is 3.76. The summed E-state index contributed by atoms with van der Waals surface area (Å²) in [7, 11) is -3.41. The minimum atomic E-state index is -3.41. The summed E-state index contributed by atoms with van der Waals surface area (Å²) < 4.78 is 29.8. The van der Waals surface area contributed by atoms with E-state index >= 15 is 0 Å². The smallest absolute Gasteiger partial charge is 0.200 e. The number of ether oxygens (including phenoxy) is 1. The lowest BCUT2D eigenvalue weighted by molar-refractivity contribution is 0.370. The molecule has 0 aliphatic carbocycles. The van der Waals surface area contributed by atoms with Gasteiger partial charge in [0.05, 0.1) is 4.90 Å². The monoisotopic (exact) mass is 301 g/mol. The number of fused-ring (bicyclic) bond motifs is 1. The minimum absolute atomic E-state index is 0.208. The number of hydrogen-bond acceptors (Lipinski definition) is 4. The molecule has 4 nitrogen and oxygen atoms in total. The number of nitrogens with two attached hydrogens (primary N) is 1. The molecule has 0 aromatic heterocycles. The summed E-state index contributed by atoms with van der Waals surface area (Å²) >= 11 is 0. The summed E-state index contributed by atoms with van der Waals surface area (Å²) in [6, 6.07) is 12.5. The summed E-state index contributed by atoms with van der Waals surface area (Å²) in [6.45, 7) is 2.20. The molecule has 5 heteroatoms. The number of hydrogen-bond donors (Lipinski definition) is 1. The third-order valence-corrected chi connectivity index (χ3v) is 4.92. The highest BCUT2D eigenvalue weighted by Crippen LogP contribution is 2.34. The lowest BCUT2D eigenvalue weighted by Crippen LogP contribution is -2.00. The van der Waals surface area contributed by atoms with Gasteiger partial charge in [0.25, 0.3) is 0 Å². The molecule has 0 unspecified atom stereocenters. The zero-order valence-corrected chi connectivity index (χ0v) is 12.4. The highest BCUT2D eigenvalue weighted by Gasteiger charge is 2.27. The van der Waals surface area contributed by atoms with Crippen LogP contribution < -0.4 is 10.5 Å². The fourth-order valence-electron chi connectivity index (χ4n) is 2.26. The van der Waals surface area contributed by atoms with Gasteiger partial charge in [0.15, 0.2) is 0 Å². The largest absolute Gasteiger partial charge is 0.489 e. The van der Waals surface area contributed by atoms with Gasteiger partial charge in [-0.3, -0.25) is 0 Å². The van der Waals surface area contributed by atoms with E-state index in [1.807, 2.05) is 31.2 Å². The molecule has 2 aromatic carbocycles. The molecule has 2 aromatic rings. The van der Waals surface area contributed by atoms with Gasteiger partial charge in [-0.2, -0.15) is 0 Å². The van der Waals surface area contributed by atoms with Crippen molar-refractivity contribution in [3.63, 3.8) is 0 Å². The maximum Gasteiger partial charge on any atom is 0.200 e. The molecule has 0 amide bonds. The molecule has 0 radical (unpaired) electrons. The van der Waals surface area contributed by atoms with Crippen LogP contribution in [-0.4, -0.2) is 15.0 Å². The van der Waals surface area contributed by atoms with E-state index in [-0.39, 0.29) is 11.5 Å². The molecule has 0 saturated heterocycles. The lowest BCUT2D eigenvalue weighted by atomic mass is 10.1. The first-order chi connectivity index (χ1) is 9.95. The van der Waals surface area contributed by atoms with Gasteiger partial charge in [0, 0.05) is 22.2 Å². The van der Waals surface area contributed by atoms with Crippen molar-refractivity contribution in [3.05, 3.63) is 59.0 Å². The van der Waals surface area contributed by atoms with Crippen molar-refractivity contribution in [2.75, 3.05) is 12.3 Å². The van der Waals surface area contributed by atoms with Crippen molar-refractivity contribution in [2.45, 2.75) is 11.8 Å². The van der Waals surface area contributed by atoms with Crippen LogP contribution in [0.2, 0.25) is 0 Å². The molecule has 0 spiro atoms. The number of sulfone groups is 1. The number of aryl methyl sites for hydroxylation is 1. The SMILES string of the molecule is Cc1ccc(OCC2=CS(=O)(=O)c3cc(N)ccc32)cc1. The number of anilines is 1. The molecule has 1 aliphatic rings. The average molecular weight is 301 g/mol. The van der Waals surface area contributed by atoms with Crippen LogP contribution in [0.25, 0.3) is 5.57 Å². The molecular formula is C16H15NO3S. The van der Waals surface area contributed by atoms with Crippen LogP contribution in [0.15, 0.2) is 52.8 Å². The van der Waals surface area contributed by atoms with E-state index in [9.17, 15) is 8.42 Å². The van der Waals surface area contributed by atoms with Crippen LogP contribution in [0, 0.1) is 6.92 Å². The van der Waals surface area contributed by atoms with E-state index in [1.54, 1.807) is 12.1 Å². The first kappa shape index (κ1) is 13.7. The quantitative estimate of drug-likeness (QED) is 0.885. The molecule has 2 N–H and O–H groups in total. The fraction of sp³-hybridized carbons (Fsp3) is 0.125. The second kappa shape index (κ2) is 4.93. The number of benzene rings is 2. The maximum atomic E-state index is 12.1. The van der Waals surface area contributed by atoms with Crippen molar-refractivity contribution in [1.82, 2.24) is 0 Å². The minimum Gasteiger partial charge on any atom is -0.489 e. The number of nitrogen functional groups attached to an aromatic ring is 1. The second-order valence-corrected chi connectivity index (χ2v) is 6.81. The average Bonchev–Trinajstić information content (AvgIpc) is 2.69. The molecule has 0 saturated carbocycles. The van der Waals surface area contributed by atoms with Gasteiger partial charge in [0.1, 0.15) is 12.4 Å². The highest BCUT2D eigenvalue weighted by molar-refractivity contribution is 7.95. The van der Waals surface area contributed by atoms with E-state index in [1.165, 1.54) is 11.5 Å². The predicted octanol–water partition coefficient (Wildman–Crippen LogP) is 2.78. The number of rotatable bonds is 3. The molecule has 108 valence electrons. The zero-order chi connectivity index (χ0) is 15.0. The van der Waals surface area contributed by atoms with Gasteiger partial charge in [-0.25, -0.2) is 8.42 Å². The van der Waals surface area contributed by atoms with Crippen molar-refractivity contribution in [1.29, 1.82) is 0 Å². The summed E-state index contributed by atoms with van der Waals surface area (Å²) in [6.07, 6.45) is 0. The summed E-state index contributed by atoms with van der Waals surface area (Å²) in [5.41, 5.74) is 8.55. The first-order valence-electron chi connectivity index (χ1n) is 6.51.